The molecule has 2 heteroatoms. The maximum absolute atomic E-state index is 2.49. The van der Waals surface area contributed by atoms with Gasteiger partial charge in [0.25, 0.3) is 0 Å². The maximum Gasteiger partial charge on any atom is 0.0568 e. The van der Waals surface area contributed by atoms with Gasteiger partial charge in [0.05, 0.1) is 11.0 Å². The predicted molar refractivity (Wildman–Crippen MR) is 257 cm³/mol. The van der Waals surface area contributed by atoms with Crippen LogP contribution in [0.25, 0.3) is 121 Å². The number of aryl methyl sites for hydroxylation is 2. The highest BCUT2D eigenvalue weighted by Gasteiger charge is 2.22. The summed E-state index contributed by atoms with van der Waals surface area (Å²) >= 11 is 0. The van der Waals surface area contributed by atoms with Crippen LogP contribution in [0.1, 0.15) is 0 Å². The van der Waals surface area contributed by atoms with E-state index in [-0.39, 0.29) is 0 Å². The van der Waals surface area contributed by atoms with Gasteiger partial charge >= 0.3 is 0 Å². The monoisotopic (exact) mass is 764 g/mol. The van der Waals surface area contributed by atoms with E-state index >= 15 is 0 Å². The van der Waals surface area contributed by atoms with Crippen molar-refractivity contribution in [3.05, 3.63) is 206 Å². The van der Waals surface area contributed by atoms with Gasteiger partial charge in [-0.15, -0.1) is 0 Å². The fourth-order valence-corrected chi connectivity index (χ4v) is 10.3. The third-order valence-corrected chi connectivity index (χ3v) is 13.0. The summed E-state index contributed by atoms with van der Waals surface area (Å²) in [4.78, 5) is 0. The largest absolute Gasteiger partial charge is 0.343 e. The molecule has 0 aliphatic rings. The van der Waals surface area contributed by atoms with Crippen molar-refractivity contribution < 1.29 is 0 Å². The van der Waals surface area contributed by atoms with Crippen molar-refractivity contribution in [1.29, 1.82) is 0 Å². The number of aromatic nitrogens is 2. The number of nitrogens with zero attached hydrogens (tertiary/aromatic N) is 2. The predicted octanol–water partition coefficient (Wildman–Crippen LogP) is 15.6. The van der Waals surface area contributed by atoms with Gasteiger partial charge in [0.15, 0.2) is 0 Å². The number of rotatable bonds is 5. The molecule has 2 nitrogen and oxygen atoms in total. The Labute approximate surface area is 348 Å². The number of hydrogen-bond acceptors (Lipinski definition) is 0. The topological polar surface area (TPSA) is 9.86 Å². The van der Waals surface area contributed by atoms with Gasteiger partial charge in [-0.05, 0) is 90.3 Å². The van der Waals surface area contributed by atoms with E-state index in [1.54, 1.807) is 0 Å². The Morgan fingerprint density at radius 3 is 1.22 bits per heavy atom. The second kappa shape index (κ2) is 13.4. The van der Waals surface area contributed by atoms with E-state index in [2.05, 4.69) is 229 Å². The van der Waals surface area contributed by atoms with Crippen LogP contribution in [0, 0.1) is 0 Å². The third-order valence-electron chi connectivity index (χ3n) is 13.0. The fourth-order valence-electron chi connectivity index (χ4n) is 10.3. The first-order valence-corrected chi connectivity index (χ1v) is 20.8. The van der Waals surface area contributed by atoms with E-state index in [1.165, 1.54) is 121 Å². The van der Waals surface area contributed by atoms with E-state index in [1.807, 2.05) is 0 Å². The zero-order valence-electron chi connectivity index (χ0n) is 33.5. The second-order valence-electron chi connectivity index (χ2n) is 16.1. The number of para-hydroxylation sites is 4. The third kappa shape index (κ3) is 5.07. The molecule has 0 unspecified atom stereocenters. The molecule has 0 amide bonds. The van der Waals surface area contributed by atoms with Crippen molar-refractivity contribution in [3.63, 3.8) is 0 Å². The lowest BCUT2D eigenvalue weighted by atomic mass is 9.83. The van der Waals surface area contributed by atoms with Gasteiger partial charge in [-0.3, -0.25) is 0 Å². The van der Waals surface area contributed by atoms with Gasteiger partial charge in [-0.2, -0.15) is 0 Å². The molecule has 0 fully saturated rings. The number of benzene rings is 10. The minimum absolute atomic E-state index is 1.20. The fraction of sp³-hybridized carbons (Fsp3) is 0.0345. The Morgan fingerprint density at radius 2 is 0.683 bits per heavy atom. The van der Waals surface area contributed by atoms with Crippen molar-refractivity contribution in [3.8, 4) is 55.6 Å². The summed E-state index contributed by atoms with van der Waals surface area (Å²) in [6.07, 6.45) is 0. The maximum atomic E-state index is 2.49. The normalized spacial score (nSPS) is 11.8. The standard InChI is InChI=1S/C58H40N2/c1-59-54-31-11-9-21-42(54)49-29-15-27-47(57(49)59)40-23-13-25-44-52(40)36-53-41(48-28-16-30-50-43-22-10-12-32-55(43)60(2)58(48)50)24-14-26-45(53)56(44)46-34-33-39(37-17-5-3-6-18-37)35-51(46)38-19-7-4-8-20-38/h3-36H,1-2H3. The zero-order chi connectivity index (χ0) is 39.9. The Balaban J connectivity index is 1.24. The van der Waals surface area contributed by atoms with Gasteiger partial charge in [0, 0.05) is 57.8 Å². The molecule has 0 N–H and O–H groups in total. The summed E-state index contributed by atoms with van der Waals surface area (Å²) in [5.74, 6) is 0. The number of hydrogen-bond donors (Lipinski definition) is 0. The summed E-state index contributed by atoms with van der Waals surface area (Å²) in [5, 5.41) is 10.0. The van der Waals surface area contributed by atoms with E-state index in [9.17, 15) is 0 Å². The smallest absolute Gasteiger partial charge is 0.0568 e. The first-order chi connectivity index (χ1) is 29.6. The van der Waals surface area contributed by atoms with Crippen LogP contribution in [0.15, 0.2) is 206 Å². The molecule has 2 aromatic heterocycles. The molecule has 0 radical (unpaired) electrons. The molecule has 0 aliphatic heterocycles. The quantitative estimate of drug-likeness (QED) is 0.155. The first kappa shape index (κ1) is 34.4. The van der Waals surface area contributed by atoms with Gasteiger partial charge in [-0.1, -0.05) is 182 Å². The van der Waals surface area contributed by atoms with Crippen LogP contribution in [-0.4, -0.2) is 9.13 Å². The minimum Gasteiger partial charge on any atom is -0.343 e. The van der Waals surface area contributed by atoms with Crippen molar-refractivity contribution >= 4 is 65.2 Å². The average molecular weight is 765 g/mol. The highest BCUT2D eigenvalue weighted by atomic mass is 14.9. The van der Waals surface area contributed by atoms with Crippen molar-refractivity contribution in [2.24, 2.45) is 14.1 Å². The van der Waals surface area contributed by atoms with Crippen LogP contribution in [0.2, 0.25) is 0 Å². The molecule has 0 aliphatic carbocycles. The van der Waals surface area contributed by atoms with Gasteiger partial charge < -0.3 is 9.13 Å². The van der Waals surface area contributed by atoms with Crippen molar-refractivity contribution in [1.82, 2.24) is 9.13 Å². The highest BCUT2D eigenvalue weighted by molar-refractivity contribution is 6.23. The van der Waals surface area contributed by atoms with Gasteiger partial charge in [-0.25, -0.2) is 0 Å². The molecule has 0 spiro atoms. The summed E-state index contributed by atoms with van der Waals surface area (Å²) in [6.45, 7) is 0. The van der Waals surface area contributed by atoms with Crippen LogP contribution in [0.4, 0.5) is 0 Å². The first-order valence-electron chi connectivity index (χ1n) is 20.8. The summed E-state index contributed by atoms with van der Waals surface area (Å²) in [7, 11) is 4.42. The van der Waals surface area contributed by atoms with E-state index in [0.29, 0.717) is 0 Å². The van der Waals surface area contributed by atoms with Crippen molar-refractivity contribution in [2.45, 2.75) is 0 Å². The van der Waals surface area contributed by atoms with Crippen LogP contribution >= 0.6 is 0 Å². The molecule has 282 valence electrons. The lowest BCUT2D eigenvalue weighted by Gasteiger charge is -2.21. The average Bonchev–Trinajstić information content (AvgIpc) is 3.78. The Hall–Kier alpha value is -7.68. The van der Waals surface area contributed by atoms with Crippen LogP contribution in [0.3, 0.4) is 0 Å². The lowest BCUT2D eigenvalue weighted by molar-refractivity contribution is 1.02. The molecule has 60 heavy (non-hydrogen) atoms. The Kier molecular flexibility index (Phi) is 7.70. The molecule has 0 saturated heterocycles. The van der Waals surface area contributed by atoms with Crippen LogP contribution in [0.5, 0.6) is 0 Å². The summed E-state index contributed by atoms with van der Waals surface area (Å²) < 4.78 is 4.76. The zero-order valence-corrected chi connectivity index (χ0v) is 33.5. The molecule has 12 rings (SSSR count). The Morgan fingerprint density at radius 1 is 0.250 bits per heavy atom. The van der Waals surface area contributed by atoms with Crippen LogP contribution < -0.4 is 0 Å². The highest BCUT2D eigenvalue weighted by Crippen LogP contribution is 2.48. The molecular weight excluding hydrogens is 725 g/mol. The van der Waals surface area contributed by atoms with E-state index in [0.717, 1.165) is 0 Å². The van der Waals surface area contributed by atoms with E-state index in [4.69, 9.17) is 0 Å². The second-order valence-corrected chi connectivity index (χ2v) is 16.1. The van der Waals surface area contributed by atoms with Gasteiger partial charge in [0.2, 0.25) is 0 Å². The van der Waals surface area contributed by atoms with Crippen LogP contribution in [-0.2, 0) is 14.1 Å². The molecular formula is C58H40N2. The van der Waals surface area contributed by atoms with Crippen molar-refractivity contribution in [2.75, 3.05) is 0 Å². The molecule has 12 aromatic rings. The minimum atomic E-state index is 1.20. The molecule has 10 aromatic carbocycles. The molecule has 0 bridgehead atoms. The Bertz CT molecular complexity index is 3480. The molecule has 2 heterocycles. The van der Waals surface area contributed by atoms with E-state index < -0.39 is 0 Å². The number of fused-ring (bicyclic) bond motifs is 8. The molecule has 0 saturated carbocycles. The molecule has 0 atom stereocenters. The summed E-state index contributed by atoms with van der Waals surface area (Å²) in [6, 6.07) is 76.2. The SMILES string of the molecule is Cn1c2ccccc2c2cccc(-c3cccc4c(-c5ccc(-c6ccccc6)cc5-c5ccccc5)c5cccc(-c6cccc7c8ccccc8n(C)c67)c5cc34)c21. The lowest BCUT2D eigenvalue weighted by Crippen LogP contribution is -1.95. The van der Waals surface area contributed by atoms with Gasteiger partial charge in [0.1, 0.15) is 0 Å². The summed E-state index contributed by atoms with van der Waals surface area (Å²) in [5.41, 5.74) is 17.2.